The second kappa shape index (κ2) is 7.46. The van der Waals surface area contributed by atoms with Crippen molar-refractivity contribution in [2.45, 2.75) is 52.1 Å². The van der Waals surface area contributed by atoms with E-state index < -0.39 is 0 Å². The number of fused-ring (bicyclic) bond motifs is 1. The summed E-state index contributed by atoms with van der Waals surface area (Å²) in [6, 6.07) is 5.99. The molecule has 0 aliphatic carbocycles. The van der Waals surface area contributed by atoms with E-state index in [2.05, 4.69) is 23.2 Å². The fourth-order valence-electron chi connectivity index (χ4n) is 2.86. The molecule has 0 fully saturated rings. The number of carbonyl (C=O) groups excluding carboxylic acids is 1. The molecular weight excluding hydrogens is 262 g/mol. The second-order valence-electron chi connectivity index (χ2n) is 5.88. The minimum atomic E-state index is -0.0978. The Morgan fingerprint density at radius 3 is 3.00 bits per heavy atom. The lowest BCUT2D eigenvalue weighted by molar-refractivity contribution is -0.126. The standard InChI is InChI=1S/C17H27N3O/c1-3-4-5-10-19-17(21)13(2)20-11-9-14-7-6-8-16(18)15(14)12-20/h6-8,13H,3-5,9-12,18H2,1-2H3,(H,19,21). The number of carbonyl (C=O) groups is 1. The Morgan fingerprint density at radius 1 is 1.43 bits per heavy atom. The molecule has 21 heavy (non-hydrogen) atoms. The molecule has 1 amide bonds. The summed E-state index contributed by atoms with van der Waals surface area (Å²) < 4.78 is 0. The molecule has 116 valence electrons. The second-order valence-corrected chi connectivity index (χ2v) is 5.88. The quantitative estimate of drug-likeness (QED) is 0.624. The molecule has 1 aliphatic rings. The molecule has 1 atom stereocenters. The third-order valence-corrected chi connectivity index (χ3v) is 4.35. The van der Waals surface area contributed by atoms with Crippen molar-refractivity contribution in [1.29, 1.82) is 0 Å². The van der Waals surface area contributed by atoms with Crippen molar-refractivity contribution in [2.75, 3.05) is 18.8 Å². The van der Waals surface area contributed by atoms with E-state index in [0.717, 1.165) is 38.2 Å². The molecule has 0 bridgehead atoms. The summed E-state index contributed by atoms with van der Waals surface area (Å²) >= 11 is 0. The van der Waals surface area contributed by atoms with E-state index in [4.69, 9.17) is 5.73 Å². The van der Waals surface area contributed by atoms with Gasteiger partial charge >= 0.3 is 0 Å². The number of hydrogen-bond donors (Lipinski definition) is 2. The van der Waals surface area contributed by atoms with Gasteiger partial charge in [-0.25, -0.2) is 0 Å². The number of benzene rings is 1. The van der Waals surface area contributed by atoms with Gasteiger partial charge in [0.25, 0.3) is 0 Å². The third-order valence-electron chi connectivity index (χ3n) is 4.35. The van der Waals surface area contributed by atoms with Gasteiger partial charge in [0.15, 0.2) is 0 Å². The van der Waals surface area contributed by atoms with Crippen molar-refractivity contribution in [2.24, 2.45) is 0 Å². The molecule has 4 heteroatoms. The number of nitrogens with two attached hydrogens (primary N) is 1. The van der Waals surface area contributed by atoms with E-state index in [-0.39, 0.29) is 11.9 Å². The van der Waals surface area contributed by atoms with Crippen LogP contribution in [0.25, 0.3) is 0 Å². The maximum absolute atomic E-state index is 12.2. The molecule has 0 saturated carbocycles. The number of unbranched alkanes of at least 4 members (excludes halogenated alkanes) is 2. The molecule has 0 spiro atoms. The van der Waals surface area contributed by atoms with E-state index in [1.54, 1.807) is 0 Å². The van der Waals surface area contributed by atoms with Crippen molar-refractivity contribution in [3.05, 3.63) is 29.3 Å². The van der Waals surface area contributed by atoms with Crippen LogP contribution >= 0.6 is 0 Å². The zero-order valence-electron chi connectivity index (χ0n) is 13.2. The Bertz CT molecular complexity index is 487. The number of nitrogens with zero attached hydrogens (tertiary/aromatic N) is 1. The van der Waals surface area contributed by atoms with E-state index in [1.165, 1.54) is 24.0 Å². The highest BCUT2D eigenvalue weighted by Crippen LogP contribution is 2.25. The minimum Gasteiger partial charge on any atom is -0.398 e. The number of rotatable bonds is 6. The van der Waals surface area contributed by atoms with Crippen LogP contribution in [0.2, 0.25) is 0 Å². The number of amides is 1. The van der Waals surface area contributed by atoms with Crippen LogP contribution in [-0.4, -0.2) is 29.9 Å². The van der Waals surface area contributed by atoms with Gasteiger partial charge in [-0.1, -0.05) is 31.9 Å². The fourth-order valence-corrected chi connectivity index (χ4v) is 2.86. The van der Waals surface area contributed by atoms with E-state index in [9.17, 15) is 4.79 Å². The molecule has 1 heterocycles. The molecule has 0 saturated heterocycles. The molecule has 1 aliphatic heterocycles. The average molecular weight is 289 g/mol. The normalized spacial score (nSPS) is 16.3. The number of nitrogens with one attached hydrogen (secondary N) is 1. The van der Waals surface area contributed by atoms with Crippen LogP contribution in [0.15, 0.2) is 18.2 Å². The summed E-state index contributed by atoms with van der Waals surface area (Å²) in [5, 5.41) is 3.04. The summed E-state index contributed by atoms with van der Waals surface area (Å²) in [5.74, 6) is 0.129. The van der Waals surface area contributed by atoms with Crippen molar-refractivity contribution in [1.82, 2.24) is 10.2 Å². The largest absolute Gasteiger partial charge is 0.398 e. The summed E-state index contributed by atoms with van der Waals surface area (Å²) in [6.45, 7) is 6.62. The Labute approximate surface area is 127 Å². The van der Waals surface area contributed by atoms with Crippen molar-refractivity contribution < 1.29 is 4.79 Å². The average Bonchev–Trinajstić information content (AvgIpc) is 2.51. The number of hydrogen-bond acceptors (Lipinski definition) is 3. The van der Waals surface area contributed by atoms with Crippen molar-refractivity contribution in [3.63, 3.8) is 0 Å². The van der Waals surface area contributed by atoms with Crippen molar-refractivity contribution in [3.8, 4) is 0 Å². The lowest BCUT2D eigenvalue weighted by Gasteiger charge is -2.33. The van der Waals surface area contributed by atoms with Crippen molar-refractivity contribution >= 4 is 11.6 Å². The first-order valence-corrected chi connectivity index (χ1v) is 8.01. The zero-order valence-corrected chi connectivity index (χ0v) is 13.2. The maximum Gasteiger partial charge on any atom is 0.237 e. The Morgan fingerprint density at radius 2 is 2.24 bits per heavy atom. The smallest absolute Gasteiger partial charge is 0.237 e. The molecule has 4 nitrogen and oxygen atoms in total. The molecule has 2 rings (SSSR count). The van der Waals surface area contributed by atoms with E-state index >= 15 is 0 Å². The first kappa shape index (κ1) is 15.8. The number of nitrogen functional groups attached to an aromatic ring is 1. The van der Waals surface area contributed by atoms with E-state index in [1.807, 2.05) is 19.1 Å². The van der Waals surface area contributed by atoms with Gasteiger partial charge in [-0.15, -0.1) is 0 Å². The van der Waals surface area contributed by atoms with Crippen LogP contribution < -0.4 is 11.1 Å². The van der Waals surface area contributed by atoms with Gasteiger partial charge < -0.3 is 11.1 Å². The summed E-state index contributed by atoms with van der Waals surface area (Å²) in [4.78, 5) is 14.4. The Balaban J connectivity index is 1.91. The lowest BCUT2D eigenvalue weighted by atomic mass is 9.97. The zero-order chi connectivity index (χ0) is 15.2. The first-order chi connectivity index (χ1) is 10.1. The summed E-state index contributed by atoms with van der Waals surface area (Å²) in [7, 11) is 0. The molecule has 3 N–H and O–H groups in total. The SMILES string of the molecule is CCCCCNC(=O)C(C)N1CCc2cccc(N)c2C1. The monoisotopic (exact) mass is 289 g/mol. The predicted octanol–water partition coefficient (Wildman–Crippen LogP) is 2.32. The van der Waals surface area contributed by atoms with Gasteiger partial charge in [0.05, 0.1) is 6.04 Å². The highest BCUT2D eigenvalue weighted by atomic mass is 16.2. The van der Waals surface area contributed by atoms with Gasteiger partial charge in [-0.05, 0) is 37.0 Å². The van der Waals surface area contributed by atoms with Gasteiger partial charge in [0.2, 0.25) is 5.91 Å². The van der Waals surface area contributed by atoms with Crippen LogP contribution in [-0.2, 0) is 17.8 Å². The van der Waals surface area contributed by atoms with Gasteiger partial charge in [-0.2, -0.15) is 0 Å². The van der Waals surface area contributed by atoms with Gasteiger partial charge in [0.1, 0.15) is 0 Å². The van der Waals surface area contributed by atoms with Gasteiger partial charge in [0, 0.05) is 25.3 Å². The maximum atomic E-state index is 12.2. The number of anilines is 1. The van der Waals surface area contributed by atoms with Crippen LogP contribution in [0, 0.1) is 0 Å². The van der Waals surface area contributed by atoms with Crippen LogP contribution in [0.1, 0.15) is 44.2 Å². The van der Waals surface area contributed by atoms with E-state index in [0.29, 0.717) is 0 Å². The van der Waals surface area contributed by atoms with Crippen LogP contribution in [0.5, 0.6) is 0 Å². The molecule has 1 aromatic carbocycles. The molecule has 0 aromatic heterocycles. The summed E-state index contributed by atoms with van der Waals surface area (Å²) in [5.41, 5.74) is 9.42. The highest BCUT2D eigenvalue weighted by Gasteiger charge is 2.25. The Hall–Kier alpha value is -1.55. The minimum absolute atomic E-state index is 0.0978. The topological polar surface area (TPSA) is 58.4 Å². The molecule has 1 unspecified atom stereocenters. The predicted molar refractivity (Wildman–Crippen MR) is 87.0 cm³/mol. The molecule has 1 aromatic rings. The molecular formula is C17H27N3O. The lowest BCUT2D eigenvalue weighted by Crippen LogP contribution is -2.47. The van der Waals surface area contributed by atoms with Crippen LogP contribution in [0.3, 0.4) is 0 Å². The first-order valence-electron chi connectivity index (χ1n) is 8.01. The third kappa shape index (κ3) is 3.97. The highest BCUT2D eigenvalue weighted by molar-refractivity contribution is 5.81. The fraction of sp³-hybridized carbons (Fsp3) is 0.588. The molecule has 0 radical (unpaired) electrons. The Kier molecular flexibility index (Phi) is 5.62. The van der Waals surface area contributed by atoms with Crippen LogP contribution in [0.4, 0.5) is 5.69 Å². The summed E-state index contributed by atoms with van der Waals surface area (Å²) in [6.07, 6.45) is 4.37. The van der Waals surface area contributed by atoms with Gasteiger partial charge in [-0.3, -0.25) is 9.69 Å².